The van der Waals surface area contributed by atoms with Gasteiger partial charge in [-0.1, -0.05) is 50.1 Å². The van der Waals surface area contributed by atoms with Crippen LogP contribution >= 0.6 is 31.9 Å². The van der Waals surface area contributed by atoms with E-state index < -0.39 is 5.72 Å². The van der Waals surface area contributed by atoms with E-state index in [1.165, 1.54) is 4.90 Å². The molecule has 29 heavy (non-hydrogen) atoms. The SMILES string of the molecule is [C-]#[N+]c1cccc(C2(O)CN(c3ccc(Br)cc3)C(=O)N2c2ccc(Br)cc2)c1. The number of urea groups is 1. The van der Waals surface area contributed by atoms with Gasteiger partial charge in [0, 0.05) is 20.3 Å². The molecule has 3 aromatic rings. The van der Waals surface area contributed by atoms with Crippen molar-refractivity contribution >= 4 is 55.0 Å². The molecular formula is C22H15Br2N3O2. The number of halogens is 2. The summed E-state index contributed by atoms with van der Waals surface area (Å²) in [6.07, 6.45) is 0. The fourth-order valence-corrected chi connectivity index (χ4v) is 3.95. The van der Waals surface area contributed by atoms with Gasteiger partial charge >= 0.3 is 6.03 Å². The minimum absolute atomic E-state index is 0.0327. The van der Waals surface area contributed by atoms with Crippen molar-refractivity contribution in [2.24, 2.45) is 0 Å². The van der Waals surface area contributed by atoms with Crippen LogP contribution in [0.3, 0.4) is 0 Å². The maximum absolute atomic E-state index is 13.4. The molecule has 7 heteroatoms. The zero-order valence-corrected chi connectivity index (χ0v) is 18.3. The predicted molar refractivity (Wildman–Crippen MR) is 120 cm³/mol. The number of nitrogens with zero attached hydrogens (tertiary/aromatic N) is 3. The van der Waals surface area contributed by atoms with Gasteiger partial charge in [-0.3, -0.25) is 9.80 Å². The van der Waals surface area contributed by atoms with Crippen molar-refractivity contribution in [1.82, 2.24) is 0 Å². The molecular weight excluding hydrogens is 498 g/mol. The Hall–Kier alpha value is -2.66. The van der Waals surface area contributed by atoms with E-state index in [4.69, 9.17) is 6.57 Å². The summed E-state index contributed by atoms with van der Waals surface area (Å²) in [5.41, 5.74) is 0.507. The first-order valence-corrected chi connectivity index (χ1v) is 10.3. The van der Waals surface area contributed by atoms with Crippen LogP contribution in [0, 0.1) is 6.57 Å². The summed E-state index contributed by atoms with van der Waals surface area (Å²) in [5, 5.41) is 11.8. The van der Waals surface area contributed by atoms with Crippen LogP contribution in [0.5, 0.6) is 0 Å². The number of β-amino-alcohol motifs (C(OH)–C–C–N with tert-alkyl or cyclic N) is 1. The number of aliphatic hydroxyl groups is 1. The van der Waals surface area contributed by atoms with Gasteiger partial charge < -0.3 is 5.11 Å². The number of carbonyl (C=O) groups excluding carboxylic acids is 1. The monoisotopic (exact) mass is 511 g/mol. The zero-order chi connectivity index (χ0) is 20.6. The number of hydrogen-bond donors (Lipinski definition) is 1. The van der Waals surface area contributed by atoms with E-state index in [0.717, 1.165) is 8.95 Å². The average molecular weight is 513 g/mol. The second-order valence-corrected chi connectivity index (χ2v) is 8.47. The Morgan fingerprint density at radius 1 is 0.931 bits per heavy atom. The Morgan fingerprint density at radius 3 is 2.10 bits per heavy atom. The summed E-state index contributed by atoms with van der Waals surface area (Å²) in [6, 6.07) is 20.9. The summed E-state index contributed by atoms with van der Waals surface area (Å²) in [7, 11) is 0. The van der Waals surface area contributed by atoms with Gasteiger partial charge in [-0.25, -0.2) is 9.64 Å². The molecule has 0 radical (unpaired) electrons. The number of benzene rings is 3. The number of amides is 2. The first-order chi connectivity index (χ1) is 13.9. The molecule has 0 aromatic heterocycles. The van der Waals surface area contributed by atoms with Gasteiger partial charge in [0.05, 0.1) is 13.1 Å². The molecule has 1 atom stereocenters. The van der Waals surface area contributed by atoms with Gasteiger partial charge in [0.2, 0.25) is 0 Å². The fraction of sp³-hybridized carbons (Fsp3) is 0.0909. The standard InChI is InChI=1S/C22H15Br2N3O2/c1-25-18-4-2-3-15(13-18)22(29)14-26(19-9-5-16(23)6-10-19)21(28)27(22)20-11-7-17(24)8-12-20/h2-13,29H,14H2. The van der Waals surface area contributed by atoms with Gasteiger partial charge in [-0.2, -0.15) is 0 Å². The van der Waals surface area contributed by atoms with Crippen molar-refractivity contribution < 1.29 is 9.90 Å². The lowest BCUT2D eigenvalue weighted by atomic mass is 10.0. The molecule has 1 aliphatic heterocycles. The first-order valence-electron chi connectivity index (χ1n) is 8.75. The molecule has 3 aromatic carbocycles. The summed E-state index contributed by atoms with van der Waals surface area (Å²) in [5.74, 6) is 0. The lowest BCUT2D eigenvalue weighted by Crippen LogP contribution is -2.44. The van der Waals surface area contributed by atoms with Gasteiger partial charge in [-0.05, 0) is 60.2 Å². The number of hydrogen-bond acceptors (Lipinski definition) is 2. The minimum Gasteiger partial charge on any atom is -0.365 e. The van der Waals surface area contributed by atoms with E-state index in [9.17, 15) is 9.90 Å². The summed E-state index contributed by atoms with van der Waals surface area (Å²) in [4.78, 5) is 19.8. The molecule has 0 bridgehead atoms. The van der Waals surface area contributed by atoms with Crippen LogP contribution in [-0.2, 0) is 5.72 Å². The van der Waals surface area contributed by atoms with Crippen LogP contribution in [0.2, 0.25) is 0 Å². The van der Waals surface area contributed by atoms with Gasteiger partial charge in [0.25, 0.3) is 0 Å². The highest BCUT2D eigenvalue weighted by atomic mass is 79.9. The van der Waals surface area contributed by atoms with E-state index in [1.54, 1.807) is 41.3 Å². The molecule has 0 spiro atoms. The molecule has 144 valence electrons. The van der Waals surface area contributed by atoms with Crippen molar-refractivity contribution in [2.75, 3.05) is 16.3 Å². The third-order valence-electron chi connectivity index (χ3n) is 4.83. The fourth-order valence-electron chi connectivity index (χ4n) is 3.42. The third-order valence-corrected chi connectivity index (χ3v) is 5.89. The minimum atomic E-state index is -1.63. The molecule has 1 heterocycles. The maximum Gasteiger partial charge on any atom is 0.331 e. The van der Waals surface area contributed by atoms with E-state index >= 15 is 0 Å². The van der Waals surface area contributed by atoms with E-state index in [2.05, 4.69) is 36.7 Å². The number of carbonyl (C=O) groups is 1. The van der Waals surface area contributed by atoms with E-state index in [0.29, 0.717) is 22.6 Å². The van der Waals surface area contributed by atoms with Crippen LogP contribution in [0.25, 0.3) is 4.85 Å². The lowest BCUT2D eigenvalue weighted by Gasteiger charge is -2.32. The van der Waals surface area contributed by atoms with Crippen molar-refractivity contribution in [2.45, 2.75) is 5.72 Å². The van der Waals surface area contributed by atoms with E-state index in [-0.39, 0.29) is 12.6 Å². The van der Waals surface area contributed by atoms with Crippen LogP contribution in [0.4, 0.5) is 21.9 Å². The molecule has 1 unspecified atom stereocenters. The quantitative estimate of drug-likeness (QED) is 0.434. The second kappa shape index (κ2) is 7.64. The Bertz CT molecular complexity index is 1110. The Balaban J connectivity index is 1.85. The van der Waals surface area contributed by atoms with Gasteiger partial charge in [-0.15, -0.1) is 0 Å². The highest BCUT2D eigenvalue weighted by molar-refractivity contribution is 9.10. The molecule has 1 saturated heterocycles. The molecule has 0 saturated carbocycles. The van der Waals surface area contributed by atoms with E-state index in [1.807, 2.05) is 36.4 Å². The summed E-state index contributed by atoms with van der Waals surface area (Å²) < 4.78 is 1.77. The van der Waals surface area contributed by atoms with Crippen molar-refractivity contribution in [1.29, 1.82) is 0 Å². The summed E-state index contributed by atoms with van der Waals surface area (Å²) >= 11 is 6.81. The van der Waals surface area contributed by atoms with Gasteiger partial charge in [0.1, 0.15) is 0 Å². The second-order valence-electron chi connectivity index (χ2n) is 6.64. The smallest absolute Gasteiger partial charge is 0.331 e. The van der Waals surface area contributed by atoms with Crippen molar-refractivity contribution in [3.8, 4) is 0 Å². The normalized spacial score (nSPS) is 18.8. The molecule has 5 nitrogen and oxygen atoms in total. The Kier molecular flexibility index (Phi) is 5.17. The van der Waals surface area contributed by atoms with Crippen LogP contribution in [0.15, 0.2) is 81.7 Å². The van der Waals surface area contributed by atoms with Crippen molar-refractivity contribution in [3.63, 3.8) is 0 Å². The van der Waals surface area contributed by atoms with Crippen molar-refractivity contribution in [3.05, 3.63) is 98.7 Å². The first kappa shape index (κ1) is 19.6. The topological polar surface area (TPSA) is 48.1 Å². The van der Waals surface area contributed by atoms with Crippen LogP contribution in [0.1, 0.15) is 5.56 Å². The molecule has 1 aliphatic rings. The molecule has 1 N–H and O–H groups in total. The number of anilines is 2. The predicted octanol–water partition coefficient (Wildman–Crippen LogP) is 6.05. The number of rotatable bonds is 3. The lowest BCUT2D eigenvalue weighted by molar-refractivity contribution is 0.0656. The molecule has 4 rings (SSSR count). The largest absolute Gasteiger partial charge is 0.365 e. The highest BCUT2D eigenvalue weighted by Crippen LogP contribution is 2.41. The molecule has 0 aliphatic carbocycles. The molecule has 1 fully saturated rings. The highest BCUT2D eigenvalue weighted by Gasteiger charge is 2.51. The van der Waals surface area contributed by atoms with Gasteiger partial charge in [0.15, 0.2) is 11.4 Å². The Morgan fingerprint density at radius 2 is 1.52 bits per heavy atom. The molecule has 2 amide bonds. The zero-order valence-electron chi connectivity index (χ0n) is 15.1. The van der Waals surface area contributed by atoms with Crippen LogP contribution in [-0.4, -0.2) is 17.7 Å². The summed E-state index contributed by atoms with van der Waals surface area (Å²) in [6.45, 7) is 7.32. The van der Waals surface area contributed by atoms with Crippen LogP contribution < -0.4 is 9.80 Å². The Labute approximate surface area is 185 Å². The third kappa shape index (κ3) is 3.55. The maximum atomic E-state index is 13.4. The average Bonchev–Trinajstić information content (AvgIpc) is 3.01.